The van der Waals surface area contributed by atoms with Gasteiger partial charge in [-0.15, -0.1) is 0 Å². The molecule has 2 aromatic heterocycles. The minimum Gasteiger partial charge on any atom is -0.307 e. The average molecular weight is 307 g/mol. The van der Waals surface area contributed by atoms with Crippen LogP contribution in [0.3, 0.4) is 0 Å². The van der Waals surface area contributed by atoms with E-state index in [2.05, 4.69) is 15.4 Å². The molecule has 8 heteroatoms. The van der Waals surface area contributed by atoms with Crippen molar-refractivity contribution in [3.63, 3.8) is 0 Å². The van der Waals surface area contributed by atoms with Crippen LogP contribution < -0.4 is 11.3 Å². The molecule has 0 radical (unpaired) electrons. The summed E-state index contributed by atoms with van der Waals surface area (Å²) < 4.78 is 26.7. The molecule has 0 fully saturated rings. The lowest BCUT2D eigenvalue weighted by molar-refractivity contribution is 0.419. The van der Waals surface area contributed by atoms with E-state index in [0.717, 1.165) is 0 Å². The maximum absolute atomic E-state index is 12.7. The first-order valence-electron chi connectivity index (χ1n) is 6.41. The largest absolute Gasteiger partial charge is 0.307 e. The van der Waals surface area contributed by atoms with E-state index in [4.69, 9.17) is 5.84 Å². The third-order valence-electron chi connectivity index (χ3n) is 2.94. The van der Waals surface area contributed by atoms with Crippen molar-refractivity contribution in [2.75, 3.05) is 12.0 Å². The van der Waals surface area contributed by atoms with Crippen LogP contribution in [0.4, 0.5) is 5.82 Å². The van der Waals surface area contributed by atoms with Gasteiger partial charge in [0, 0.05) is 18.9 Å². The second-order valence-electron chi connectivity index (χ2n) is 4.25. The molecule has 3 N–H and O–H groups in total. The first-order chi connectivity index (χ1) is 10.1. The van der Waals surface area contributed by atoms with Crippen LogP contribution in [0, 0.1) is 0 Å². The second-order valence-corrected chi connectivity index (χ2v) is 6.15. The van der Waals surface area contributed by atoms with Crippen LogP contribution in [-0.4, -0.2) is 29.2 Å². The third kappa shape index (κ3) is 3.35. The van der Waals surface area contributed by atoms with Crippen molar-refractivity contribution in [1.29, 1.82) is 0 Å². The summed E-state index contributed by atoms with van der Waals surface area (Å²) in [6.07, 6.45) is 3.11. The number of rotatable bonds is 6. The summed E-state index contributed by atoms with van der Waals surface area (Å²) in [7, 11) is -3.70. The monoisotopic (exact) mass is 307 g/mol. The third-order valence-corrected chi connectivity index (χ3v) is 4.89. The molecule has 0 bridgehead atoms. The van der Waals surface area contributed by atoms with Gasteiger partial charge in [0.15, 0.2) is 5.82 Å². The number of sulfonamides is 1. The highest BCUT2D eigenvalue weighted by Gasteiger charge is 2.26. The van der Waals surface area contributed by atoms with E-state index in [1.54, 1.807) is 31.3 Å². The van der Waals surface area contributed by atoms with Crippen LogP contribution >= 0.6 is 0 Å². The Morgan fingerprint density at radius 2 is 1.95 bits per heavy atom. The lowest BCUT2D eigenvalue weighted by atomic mass is 10.3. The highest BCUT2D eigenvalue weighted by Crippen LogP contribution is 2.22. The molecule has 21 heavy (non-hydrogen) atoms. The van der Waals surface area contributed by atoms with E-state index in [0.29, 0.717) is 12.2 Å². The minimum atomic E-state index is -3.70. The van der Waals surface area contributed by atoms with Gasteiger partial charge in [-0.2, -0.15) is 4.31 Å². The Balaban J connectivity index is 2.36. The van der Waals surface area contributed by atoms with Gasteiger partial charge >= 0.3 is 0 Å². The predicted molar refractivity (Wildman–Crippen MR) is 79.6 cm³/mol. The van der Waals surface area contributed by atoms with Crippen LogP contribution in [-0.2, 0) is 16.6 Å². The first-order valence-corrected chi connectivity index (χ1v) is 7.85. The number of hydrazine groups is 1. The molecule has 0 saturated heterocycles. The zero-order valence-corrected chi connectivity index (χ0v) is 12.4. The molecule has 112 valence electrons. The molecule has 2 rings (SSSR count). The normalized spacial score (nSPS) is 11.6. The Kier molecular flexibility index (Phi) is 4.84. The zero-order valence-electron chi connectivity index (χ0n) is 11.6. The molecular formula is C13H17N5O2S. The summed E-state index contributed by atoms with van der Waals surface area (Å²) in [5.41, 5.74) is 2.99. The van der Waals surface area contributed by atoms with Gasteiger partial charge in [0.05, 0.1) is 12.2 Å². The van der Waals surface area contributed by atoms with Gasteiger partial charge in [-0.25, -0.2) is 19.2 Å². The van der Waals surface area contributed by atoms with Gasteiger partial charge in [-0.3, -0.25) is 4.98 Å². The van der Waals surface area contributed by atoms with E-state index >= 15 is 0 Å². The molecule has 0 aliphatic heterocycles. The van der Waals surface area contributed by atoms with Crippen molar-refractivity contribution in [3.8, 4) is 0 Å². The molecule has 0 saturated carbocycles. The van der Waals surface area contributed by atoms with Crippen molar-refractivity contribution >= 4 is 15.8 Å². The fourth-order valence-electron chi connectivity index (χ4n) is 1.89. The smallest absolute Gasteiger partial charge is 0.247 e. The predicted octanol–water partition coefficient (Wildman–Crippen LogP) is 0.973. The number of hydrogen-bond acceptors (Lipinski definition) is 6. The van der Waals surface area contributed by atoms with E-state index in [1.165, 1.54) is 16.6 Å². The molecule has 0 aliphatic rings. The Bertz CT molecular complexity index is 691. The van der Waals surface area contributed by atoms with Crippen molar-refractivity contribution in [2.24, 2.45) is 5.84 Å². The van der Waals surface area contributed by atoms with Crippen LogP contribution in [0.2, 0.25) is 0 Å². The van der Waals surface area contributed by atoms with Crippen LogP contribution in [0.25, 0.3) is 0 Å². The Morgan fingerprint density at radius 3 is 2.57 bits per heavy atom. The van der Waals surface area contributed by atoms with Crippen molar-refractivity contribution in [1.82, 2.24) is 14.3 Å². The molecule has 0 unspecified atom stereocenters. The summed E-state index contributed by atoms with van der Waals surface area (Å²) >= 11 is 0. The summed E-state index contributed by atoms with van der Waals surface area (Å²) in [6.45, 7) is 2.28. The summed E-state index contributed by atoms with van der Waals surface area (Å²) in [4.78, 5) is 8.13. The van der Waals surface area contributed by atoms with Crippen molar-refractivity contribution in [3.05, 3.63) is 48.4 Å². The molecule has 0 aliphatic carbocycles. The molecular weight excluding hydrogens is 290 g/mol. The quantitative estimate of drug-likeness (QED) is 0.609. The van der Waals surface area contributed by atoms with Crippen molar-refractivity contribution < 1.29 is 8.42 Å². The van der Waals surface area contributed by atoms with Gasteiger partial charge in [0.1, 0.15) is 4.90 Å². The molecule has 0 aromatic carbocycles. The Labute approximate surface area is 123 Å². The summed E-state index contributed by atoms with van der Waals surface area (Å²) in [6, 6.07) is 8.41. The van der Waals surface area contributed by atoms with E-state index < -0.39 is 10.0 Å². The minimum absolute atomic E-state index is 0.0466. The van der Waals surface area contributed by atoms with E-state index in [-0.39, 0.29) is 17.3 Å². The highest BCUT2D eigenvalue weighted by atomic mass is 32.2. The molecule has 0 atom stereocenters. The summed E-state index contributed by atoms with van der Waals surface area (Å²) in [5.74, 6) is 5.46. The maximum atomic E-state index is 12.7. The van der Waals surface area contributed by atoms with Crippen LogP contribution in [0.15, 0.2) is 47.6 Å². The highest BCUT2D eigenvalue weighted by molar-refractivity contribution is 7.89. The van der Waals surface area contributed by atoms with Crippen LogP contribution in [0.1, 0.15) is 12.6 Å². The maximum Gasteiger partial charge on any atom is 0.247 e. The molecule has 2 aromatic rings. The number of nitrogens with two attached hydrogens (primary N) is 1. The number of pyridine rings is 2. The van der Waals surface area contributed by atoms with E-state index in [9.17, 15) is 8.42 Å². The number of hydrogen-bond donors (Lipinski definition) is 2. The van der Waals surface area contributed by atoms with Crippen molar-refractivity contribution in [2.45, 2.75) is 18.4 Å². The lowest BCUT2D eigenvalue weighted by Crippen LogP contribution is -2.31. The molecule has 0 amide bonds. The number of nitrogens with one attached hydrogen (secondary N) is 1. The van der Waals surface area contributed by atoms with Gasteiger partial charge in [-0.05, 0) is 24.3 Å². The van der Waals surface area contributed by atoms with Gasteiger partial charge in [-0.1, -0.05) is 13.0 Å². The van der Waals surface area contributed by atoms with E-state index in [1.807, 2.05) is 6.07 Å². The Morgan fingerprint density at radius 1 is 1.19 bits per heavy atom. The summed E-state index contributed by atoms with van der Waals surface area (Å²) in [5, 5.41) is 0. The Hall–Kier alpha value is -2.03. The van der Waals surface area contributed by atoms with Gasteiger partial charge in [0.2, 0.25) is 10.0 Å². The molecule has 2 heterocycles. The topological polar surface area (TPSA) is 101 Å². The lowest BCUT2D eigenvalue weighted by Gasteiger charge is -2.21. The zero-order chi connectivity index (χ0) is 15.3. The van der Waals surface area contributed by atoms with Crippen LogP contribution in [0.5, 0.6) is 0 Å². The van der Waals surface area contributed by atoms with Gasteiger partial charge < -0.3 is 5.43 Å². The molecule has 7 nitrogen and oxygen atoms in total. The average Bonchev–Trinajstić information content (AvgIpc) is 2.53. The number of nitrogen functional groups attached to an aromatic ring is 1. The first kappa shape index (κ1) is 15.4. The fraction of sp³-hybridized carbons (Fsp3) is 0.231. The molecule has 0 spiro atoms. The van der Waals surface area contributed by atoms with Gasteiger partial charge in [0.25, 0.3) is 0 Å². The number of nitrogens with zero attached hydrogens (tertiary/aromatic N) is 3. The number of aromatic nitrogens is 2. The number of anilines is 1. The SMILES string of the molecule is CCN(Cc1ccccn1)S(=O)(=O)c1cccnc1NN. The fourth-order valence-corrected chi connectivity index (χ4v) is 3.41. The standard InChI is InChI=1S/C13H17N5O2S/c1-2-18(10-11-6-3-4-8-15-11)21(19,20)12-7-5-9-16-13(12)17-14/h3-9H,2,10,14H2,1H3,(H,16,17). The second kappa shape index (κ2) is 6.61.